The normalized spacial score (nSPS) is 11.3. The molecule has 2 rings (SSSR count). The van der Waals surface area contributed by atoms with Crippen LogP contribution in [0.4, 0.5) is 4.79 Å². The number of amides is 2. The Hall–Kier alpha value is -2.35. The van der Waals surface area contributed by atoms with Gasteiger partial charge in [-0.25, -0.2) is 13.2 Å². The van der Waals surface area contributed by atoms with Crippen LogP contribution in [-0.2, 0) is 22.9 Å². The standard InChI is InChI=1S/C15H19N3O4S/c1-11-8-13(17-22-11)10-18(2)15(19)16-9-12-4-6-14(7-5-12)23(3,20)21/h4-8H,9-10H2,1-3H3,(H,16,19). The zero-order chi connectivity index (χ0) is 17.0. The van der Waals surface area contributed by atoms with Crippen molar-refractivity contribution in [2.75, 3.05) is 13.3 Å². The second-order valence-electron chi connectivity index (χ2n) is 5.36. The summed E-state index contributed by atoms with van der Waals surface area (Å²) in [5.41, 5.74) is 1.49. The highest BCUT2D eigenvalue weighted by Crippen LogP contribution is 2.10. The van der Waals surface area contributed by atoms with Gasteiger partial charge in [0.1, 0.15) is 11.5 Å². The van der Waals surface area contributed by atoms with Crippen LogP contribution in [0.25, 0.3) is 0 Å². The molecular formula is C15H19N3O4S. The summed E-state index contributed by atoms with van der Waals surface area (Å²) >= 11 is 0. The molecule has 0 radical (unpaired) electrons. The third kappa shape index (κ3) is 4.82. The highest BCUT2D eigenvalue weighted by atomic mass is 32.2. The van der Waals surface area contributed by atoms with E-state index in [9.17, 15) is 13.2 Å². The fraction of sp³-hybridized carbons (Fsp3) is 0.333. The monoisotopic (exact) mass is 337 g/mol. The summed E-state index contributed by atoms with van der Waals surface area (Å²) in [6.07, 6.45) is 1.16. The molecule has 0 aliphatic rings. The van der Waals surface area contributed by atoms with Crippen molar-refractivity contribution in [3.8, 4) is 0 Å². The lowest BCUT2D eigenvalue weighted by atomic mass is 10.2. The number of urea groups is 1. The van der Waals surface area contributed by atoms with E-state index in [0.29, 0.717) is 24.5 Å². The van der Waals surface area contributed by atoms with Crippen molar-refractivity contribution in [2.24, 2.45) is 0 Å². The molecule has 0 aliphatic heterocycles. The molecule has 124 valence electrons. The lowest BCUT2D eigenvalue weighted by Gasteiger charge is -2.16. The molecule has 2 aromatic rings. The summed E-state index contributed by atoms with van der Waals surface area (Å²) in [6, 6.07) is 7.93. The molecule has 1 heterocycles. The minimum absolute atomic E-state index is 0.252. The number of benzene rings is 1. The van der Waals surface area contributed by atoms with Gasteiger partial charge >= 0.3 is 6.03 Å². The summed E-state index contributed by atoms with van der Waals surface area (Å²) in [6.45, 7) is 2.44. The van der Waals surface area contributed by atoms with E-state index < -0.39 is 9.84 Å². The van der Waals surface area contributed by atoms with Crippen molar-refractivity contribution in [3.05, 3.63) is 47.3 Å². The van der Waals surface area contributed by atoms with Gasteiger partial charge in [0.25, 0.3) is 0 Å². The molecule has 1 N–H and O–H groups in total. The third-order valence-corrected chi connectivity index (χ3v) is 4.35. The van der Waals surface area contributed by atoms with Gasteiger partial charge in [0.2, 0.25) is 0 Å². The molecule has 0 saturated carbocycles. The first-order valence-electron chi connectivity index (χ1n) is 6.96. The van der Waals surface area contributed by atoms with E-state index in [0.717, 1.165) is 11.8 Å². The Morgan fingerprint density at radius 2 is 1.96 bits per heavy atom. The fourth-order valence-electron chi connectivity index (χ4n) is 1.97. The summed E-state index contributed by atoms with van der Waals surface area (Å²) < 4.78 is 27.7. The van der Waals surface area contributed by atoms with E-state index in [1.807, 2.05) is 0 Å². The van der Waals surface area contributed by atoms with Crippen molar-refractivity contribution in [3.63, 3.8) is 0 Å². The first-order valence-corrected chi connectivity index (χ1v) is 8.85. The van der Waals surface area contributed by atoms with Crippen LogP contribution in [0.5, 0.6) is 0 Å². The number of nitrogens with one attached hydrogen (secondary N) is 1. The summed E-state index contributed by atoms with van der Waals surface area (Å²) in [5.74, 6) is 0.694. The van der Waals surface area contributed by atoms with Gasteiger partial charge in [0.05, 0.1) is 11.4 Å². The van der Waals surface area contributed by atoms with E-state index in [1.54, 1.807) is 32.2 Å². The van der Waals surface area contributed by atoms with E-state index in [4.69, 9.17) is 4.52 Å². The van der Waals surface area contributed by atoms with Crippen molar-refractivity contribution in [1.29, 1.82) is 0 Å². The zero-order valence-electron chi connectivity index (χ0n) is 13.2. The second kappa shape index (κ2) is 6.82. The molecular weight excluding hydrogens is 318 g/mol. The molecule has 0 spiro atoms. The van der Waals surface area contributed by atoms with Crippen molar-refractivity contribution < 1.29 is 17.7 Å². The number of hydrogen-bond donors (Lipinski definition) is 1. The van der Waals surface area contributed by atoms with Crippen molar-refractivity contribution >= 4 is 15.9 Å². The van der Waals surface area contributed by atoms with E-state index in [1.165, 1.54) is 17.0 Å². The highest BCUT2D eigenvalue weighted by Gasteiger charge is 2.11. The smallest absolute Gasteiger partial charge is 0.317 e. The molecule has 0 unspecified atom stereocenters. The summed E-state index contributed by atoms with van der Waals surface area (Å²) in [4.78, 5) is 13.8. The van der Waals surface area contributed by atoms with Crippen LogP contribution in [0.2, 0.25) is 0 Å². The molecule has 0 bridgehead atoms. The SMILES string of the molecule is Cc1cc(CN(C)C(=O)NCc2ccc(S(C)(=O)=O)cc2)no1. The number of rotatable bonds is 5. The highest BCUT2D eigenvalue weighted by molar-refractivity contribution is 7.90. The van der Waals surface area contributed by atoms with E-state index in [2.05, 4.69) is 10.5 Å². The van der Waals surface area contributed by atoms with Gasteiger partial charge in [0, 0.05) is 25.9 Å². The number of aryl methyl sites for hydroxylation is 1. The first kappa shape index (κ1) is 17.0. The number of nitrogens with zero attached hydrogens (tertiary/aromatic N) is 2. The van der Waals surface area contributed by atoms with Crippen LogP contribution in [0.1, 0.15) is 17.0 Å². The Kier molecular flexibility index (Phi) is 5.05. The van der Waals surface area contributed by atoms with Gasteiger partial charge in [-0.1, -0.05) is 17.3 Å². The average Bonchev–Trinajstić information content (AvgIpc) is 2.89. The maximum Gasteiger partial charge on any atom is 0.317 e. The molecule has 7 nitrogen and oxygen atoms in total. The van der Waals surface area contributed by atoms with Crippen LogP contribution >= 0.6 is 0 Å². The van der Waals surface area contributed by atoms with Gasteiger partial charge in [-0.3, -0.25) is 0 Å². The molecule has 2 amide bonds. The van der Waals surface area contributed by atoms with E-state index >= 15 is 0 Å². The molecule has 0 aliphatic carbocycles. The van der Waals surface area contributed by atoms with Crippen LogP contribution in [0.15, 0.2) is 39.8 Å². The van der Waals surface area contributed by atoms with Gasteiger partial charge in [-0.2, -0.15) is 0 Å². The van der Waals surface area contributed by atoms with E-state index in [-0.39, 0.29) is 10.9 Å². The fourth-order valence-corrected chi connectivity index (χ4v) is 2.60. The van der Waals surface area contributed by atoms with Gasteiger partial charge in [0.15, 0.2) is 9.84 Å². The van der Waals surface area contributed by atoms with Crippen LogP contribution in [-0.4, -0.2) is 37.8 Å². The van der Waals surface area contributed by atoms with Gasteiger partial charge in [-0.05, 0) is 24.6 Å². The number of aromatic nitrogens is 1. The zero-order valence-corrected chi connectivity index (χ0v) is 14.1. The maximum absolute atomic E-state index is 12.0. The minimum Gasteiger partial charge on any atom is -0.361 e. The molecule has 0 fully saturated rings. The Morgan fingerprint density at radius 1 is 1.30 bits per heavy atom. The Bertz CT molecular complexity index is 781. The topological polar surface area (TPSA) is 92.5 Å². The summed E-state index contributed by atoms with van der Waals surface area (Å²) in [7, 11) is -1.55. The van der Waals surface area contributed by atoms with Crippen molar-refractivity contribution in [2.45, 2.75) is 24.9 Å². The third-order valence-electron chi connectivity index (χ3n) is 3.22. The molecule has 8 heteroatoms. The Balaban J connectivity index is 1.88. The van der Waals surface area contributed by atoms with Crippen LogP contribution in [0, 0.1) is 6.92 Å². The first-order chi connectivity index (χ1) is 10.8. The Morgan fingerprint density at radius 3 is 2.48 bits per heavy atom. The van der Waals surface area contributed by atoms with Gasteiger partial charge in [-0.15, -0.1) is 0 Å². The number of sulfone groups is 1. The molecule has 0 saturated heterocycles. The van der Waals surface area contributed by atoms with Gasteiger partial charge < -0.3 is 14.7 Å². The number of hydrogen-bond acceptors (Lipinski definition) is 5. The predicted molar refractivity (Wildman–Crippen MR) is 84.5 cm³/mol. The molecule has 1 aromatic heterocycles. The average molecular weight is 337 g/mol. The Labute approximate surface area is 135 Å². The molecule has 1 aromatic carbocycles. The second-order valence-corrected chi connectivity index (χ2v) is 7.38. The number of carbonyl (C=O) groups excluding carboxylic acids is 1. The van der Waals surface area contributed by atoms with Crippen LogP contribution in [0.3, 0.4) is 0 Å². The maximum atomic E-state index is 12.0. The summed E-state index contributed by atoms with van der Waals surface area (Å²) in [5, 5.41) is 6.60. The van der Waals surface area contributed by atoms with Crippen LogP contribution < -0.4 is 5.32 Å². The van der Waals surface area contributed by atoms with Crippen molar-refractivity contribution in [1.82, 2.24) is 15.4 Å². The quantitative estimate of drug-likeness (QED) is 0.897. The molecule has 0 atom stereocenters. The molecule has 23 heavy (non-hydrogen) atoms. The predicted octanol–water partition coefficient (Wildman–Crippen LogP) is 1.73. The minimum atomic E-state index is -3.21. The lowest BCUT2D eigenvalue weighted by molar-refractivity contribution is 0.205. The number of carbonyl (C=O) groups is 1. The largest absolute Gasteiger partial charge is 0.361 e. The lowest BCUT2D eigenvalue weighted by Crippen LogP contribution is -2.36.